The quantitative estimate of drug-likeness (QED) is 0.789. The molecule has 2 aromatic rings. The van der Waals surface area contributed by atoms with Gasteiger partial charge in [-0.1, -0.05) is 24.3 Å². The molecule has 0 atom stereocenters. The minimum Gasteiger partial charge on any atom is -0.484 e. The molecule has 0 bridgehead atoms. The summed E-state index contributed by atoms with van der Waals surface area (Å²) in [6, 6.07) is 7.99. The summed E-state index contributed by atoms with van der Waals surface area (Å²) >= 11 is 0. The minimum absolute atomic E-state index is 0.0590. The monoisotopic (exact) mass is 377 g/mol. The molecule has 1 aliphatic rings. The van der Waals surface area contributed by atoms with Gasteiger partial charge in [-0.2, -0.15) is 13.2 Å². The molecule has 2 aromatic carbocycles. The molecular formula is C17H13F6NO2. The van der Waals surface area contributed by atoms with E-state index < -0.39 is 23.9 Å². The molecule has 0 radical (unpaired) electrons. The molecule has 0 aliphatic carbocycles. The zero-order chi connectivity index (χ0) is 18.9. The Kier molecular flexibility index (Phi) is 4.74. The zero-order valence-corrected chi connectivity index (χ0v) is 13.1. The van der Waals surface area contributed by atoms with Crippen LogP contribution in [0.1, 0.15) is 5.56 Å². The van der Waals surface area contributed by atoms with Crippen molar-refractivity contribution in [2.24, 2.45) is 0 Å². The van der Waals surface area contributed by atoms with Crippen molar-refractivity contribution in [3.05, 3.63) is 48.0 Å². The van der Waals surface area contributed by atoms with Gasteiger partial charge in [-0.05, 0) is 29.3 Å². The molecule has 0 saturated carbocycles. The predicted octanol–water partition coefficient (Wildman–Crippen LogP) is 4.62. The van der Waals surface area contributed by atoms with E-state index in [9.17, 15) is 26.3 Å². The maximum Gasteiger partial charge on any atom is 0.573 e. The zero-order valence-electron chi connectivity index (χ0n) is 13.1. The summed E-state index contributed by atoms with van der Waals surface area (Å²) in [4.78, 5) is 0. The van der Waals surface area contributed by atoms with Gasteiger partial charge in [0.25, 0.3) is 0 Å². The molecule has 0 spiro atoms. The summed E-state index contributed by atoms with van der Waals surface area (Å²) < 4.78 is 86.9. The highest BCUT2D eigenvalue weighted by Gasteiger charge is 2.35. The summed E-state index contributed by atoms with van der Waals surface area (Å²) in [7, 11) is 0. The lowest BCUT2D eigenvalue weighted by molar-refractivity contribution is -0.275. The first kappa shape index (κ1) is 18.4. The molecule has 0 amide bonds. The second-order valence-electron chi connectivity index (χ2n) is 5.65. The van der Waals surface area contributed by atoms with Gasteiger partial charge in [0, 0.05) is 13.1 Å². The van der Waals surface area contributed by atoms with Crippen LogP contribution in [0.2, 0.25) is 0 Å². The van der Waals surface area contributed by atoms with Crippen molar-refractivity contribution in [3.63, 3.8) is 0 Å². The van der Waals surface area contributed by atoms with Crippen LogP contribution < -0.4 is 14.8 Å². The standard InChI is InChI=1S/C17H13F6NO2/c18-16(19,20)13-4-2-1-3-12(13)10-5-6-14(25-11-8-24-9-11)15(7-10)26-17(21,22)23/h1-7,11,24H,8-9H2. The van der Waals surface area contributed by atoms with E-state index in [1.807, 2.05) is 0 Å². The largest absolute Gasteiger partial charge is 0.573 e. The molecule has 3 nitrogen and oxygen atoms in total. The van der Waals surface area contributed by atoms with Gasteiger partial charge in [0.1, 0.15) is 6.10 Å². The Hall–Kier alpha value is -2.42. The van der Waals surface area contributed by atoms with E-state index in [-0.39, 0.29) is 23.0 Å². The second kappa shape index (κ2) is 6.71. The highest BCUT2D eigenvalue weighted by atomic mass is 19.4. The minimum atomic E-state index is -5.00. The fourth-order valence-electron chi connectivity index (χ4n) is 2.48. The van der Waals surface area contributed by atoms with Gasteiger partial charge in [0.05, 0.1) is 5.56 Å². The third-order valence-electron chi connectivity index (χ3n) is 3.75. The summed E-state index contributed by atoms with van der Waals surface area (Å²) in [5.74, 6) is -0.860. The molecule has 0 unspecified atom stereocenters. The Balaban J connectivity index is 2.02. The molecule has 1 fully saturated rings. The maximum absolute atomic E-state index is 13.2. The fraction of sp³-hybridized carbons (Fsp3) is 0.294. The van der Waals surface area contributed by atoms with Gasteiger partial charge in [0.2, 0.25) is 0 Å². The molecule has 1 saturated heterocycles. The van der Waals surface area contributed by atoms with Crippen molar-refractivity contribution < 1.29 is 35.8 Å². The molecule has 0 aromatic heterocycles. The Morgan fingerprint density at radius 2 is 1.58 bits per heavy atom. The second-order valence-corrected chi connectivity index (χ2v) is 5.65. The summed E-state index contributed by atoms with van der Waals surface area (Å²) in [5, 5.41) is 2.90. The lowest BCUT2D eigenvalue weighted by Gasteiger charge is -2.28. The van der Waals surface area contributed by atoms with Crippen molar-refractivity contribution in [1.29, 1.82) is 0 Å². The Bertz CT molecular complexity index is 784. The third kappa shape index (κ3) is 4.21. The number of halogens is 6. The van der Waals surface area contributed by atoms with Crippen molar-refractivity contribution in [3.8, 4) is 22.6 Å². The number of ether oxygens (including phenoxy) is 2. The Labute approximate surface area is 144 Å². The van der Waals surface area contributed by atoms with E-state index in [0.29, 0.717) is 13.1 Å². The number of hydrogen-bond donors (Lipinski definition) is 1. The van der Waals surface area contributed by atoms with E-state index >= 15 is 0 Å². The highest BCUT2D eigenvalue weighted by Crippen LogP contribution is 2.41. The summed E-state index contributed by atoms with van der Waals surface area (Å²) in [6.07, 6.45) is -9.97. The molecule has 26 heavy (non-hydrogen) atoms. The van der Waals surface area contributed by atoms with E-state index in [0.717, 1.165) is 12.1 Å². The molecule has 3 rings (SSSR count). The SMILES string of the molecule is FC(F)(F)Oc1cc(-c2ccccc2C(F)(F)F)ccc1OC1CNC1. The molecule has 1 N–H and O–H groups in total. The first-order chi connectivity index (χ1) is 12.1. The van der Waals surface area contributed by atoms with Crippen molar-refractivity contribution in [2.75, 3.05) is 13.1 Å². The predicted molar refractivity (Wildman–Crippen MR) is 80.8 cm³/mol. The van der Waals surface area contributed by atoms with Gasteiger partial charge >= 0.3 is 12.5 Å². The van der Waals surface area contributed by atoms with E-state index in [4.69, 9.17) is 4.74 Å². The van der Waals surface area contributed by atoms with Crippen LogP contribution in [-0.4, -0.2) is 25.6 Å². The molecular weight excluding hydrogens is 364 g/mol. The van der Waals surface area contributed by atoms with Crippen LogP contribution >= 0.6 is 0 Å². The lowest BCUT2D eigenvalue weighted by Crippen LogP contribution is -2.50. The fourth-order valence-corrected chi connectivity index (χ4v) is 2.48. The van der Waals surface area contributed by atoms with E-state index in [2.05, 4.69) is 10.1 Å². The van der Waals surface area contributed by atoms with Gasteiger partial charge in [-0.3, -0.25) is 0 Å². The highest BCUT2D eigenvalue weighted by molar-refractivity contribution is 5.71. The molecule has 1 heterocycles. The van der Waals surface area contributed by atoms with Crippen LogP contribution in [0, 0.1) is 0 Å². The van der Waals surface area contributed by atoms with Crippen LogP contribution in [0.4, 0.5) is 26.3 Å². The summed E-state index contributed by atoms with van der Waals surface area (Å²) in [5.41, 5.74) is -1.25. The normalized spacial score (nSPS) is 15.5. The van der Waals surface area contributed by atoms with E-state index in [1.54, 1.807) is 0 Å². The lowest BCUT2D eigenvalue weighted by atomic mass is 9.99. The van der Waals surface area contributed by atoms with Crippen LogP contribution in [-0.2, 0) is 6.18 Å². The molecule has 9 heteroatoms. The van der Waals surface area contributed by atoms with Gasteiger partial charge in [-0.15, -0.1) is 13.2 Å². The number of hydrogen-bond acceptors (Lipinski definition) is 3. The van der Waals surface area contributed by atoms with Crippen LogP contribution in [0.5, 0.6) is 11.5 Å². The third-order valence-corrected chi connectivity index (χ3v) is 3.75. The maximum atomic E-state index is 13.2. The van der Waals surface area contributed by atoms with Crippen molar-refractivity contribution in [2.45, 2.75) is 18.6 Å². The number of benzene rings is 2. The van der Waals surface area contributed by atoms with Crippen LogP contribution in [0.25, 0.3) is 11.1 Å². The van der Waals surface area contributed by atoms with Gasteiger partial charge < -0.3 is 14.8 Å². The topological polar surface area (TPSA) is 30.5 Å². The molecule has 1 aliphatic heterocycles. The number of rotatable bonds is 4. The number of alkyl halides is 6. The molecule has 140 valence electrons. The summed E-state index contributed by atoms with van der Waals surface area (Å²) in [6.45, 7) is 0.925. The Morgan fingerprint density at radius 1 is 0.885 bits per heavy atom. The number of nitrogens with one attached hydrogen (secondary N) is 1. The van der Waals surface area contributed by atoms with Crippen LogP contribution in [0.15, 0.2) is 42.5 Å². The first-order valence-corrected chi connectivity index (χ1v) is 7.57. The van der Waals surface area contributed by atoms with Crippen molar-refractivity contribution in [1.82, 2.24) is 5.32 Å². The average molecular weight is 377 g/mol. The van der Waals surface area contributed by atoms with Gasteiger partial charge in [0.15, 0.2) is 11.5 Å². The smallest absolute Gasteiger partial charge is 0.484 e. The van der Waals surface area contributed by atoms with Crippen LogP contribution in [0.3, 0.4) is 0 Å². The average Bonchev–Trinajstić information content (AvgIpc) is 2.49. The van der Waals surface area contributed by atoms with Gasteiger partial charge in [-0.25, -0.2) is 0 Å². The Morgan fingerprint density at radius 3 is 2.15 bits per heavy atom. The van der Waals surface area contributed by atoms with Crippen molar-refractivity contribution >= 4 is 0 Å². The van der Waals surface area contributed by atoms with E-state index in [1.165, 1.54) is 30.3 Å². The first-order valence-electron chi connectivity index (χ1n) is 7.57.